The number of aromatic nitrogens is 1. The highest BCUT2D eigenvalue weighted by molar-refractivity contribution is 9.10. The fourth-order valence-corrected chi connectivity index (χ4v) is 2.01. The molecule has 0 aliphatic carbocycles. The lowest BCUT2D eigenvalue weighted by Gasteiger charge is -2.10. The summed E-state index contributed by atoms with van der Waals surface area (Å²) in [5.41, 5.74) is -1.25. The Morgan fingerprint density at radius 1 is 1.40 bits per heavy atom. The number of rotatable bonds is 2. The third-order valence-corrected chi connectivity index (χ3v) is 3.00. The van der Waals surface area contributed by atoms with Crippen LogP contribution in [-0.2, 0) is 6.18 Å². The van der Waals surface area contributed by atoms with Gasteiger partial charge in [-0.05, 0) is 25.1 Å². The molecule has 2 rings (SSSR count). The number of aryl methyl sites for hydroxylation is 1. The summed E-state index contributed by atoms with van der Waals surface area (Å²) in [6.45, 7) is 1.35. The zero-order valence-corrected chi connectivity index (χ0v) is 11.5. The second-order valence-electron chi connectivity index (χ2n) is 3.93. The van der Waals surface area contributed by atoms with Crippen LogP contribution in [0.15, 0.2) is 27.1 Å². The van der Waals surface area contributed by atoms with E-state index in [1.54, 1.807) is 0 Å². The van der Waals surface area contributed by atoms with Gasteiger partial charge in [0.2, 0.25) is 11.7 Å². The molecule has 8 heteroatoms. The molecule has 0 aliphatic rings. The third-order valence-electron chi connectivity index (χ3n) is 2.51. The predicted molar refractivity (Wildman–Crippen MR) is 66.3 cm³/mol. The summed E-state index contributed by atoms with van der Waals surface area (Å²) in [5, 5.41) is 8.84. The van der Waals surface area contributed by atoms with Gasteiger partial charge in [-0.3, -0.25) is 0 Å². The monoisotopic (exact) mass is 349 g/mol. The fraction of sp³-hybridized carbons (Fsp3) is 0.167. The normalized spacial score (nSPS) is 11.7. The van der Waals surface area contributed by atoms with Crippen LogP contribution in [0.4, 0.5) is 13.2 Å². The smallest absolute Gasteiger partial charge is 0.417 e. The molecule has 0 unspecified atom stereocenters. The molecule has 20 heavy (non-hydrogen) atoms. The number of hydrogen-bond acceptors (Lipinski definition) is 3. The van der Waals surface area contributed by atoms with Gasteiger partial charge in [-0.15, -0.1) is 0 Å². The van der Waals surface area contributed by atoms with E-state index < -0.39 is 23.5 Å². The average molecular weight is 350 g/mol. The van der Waals surface area contributed by atoms with E-state index in [1.807, 2.05) is 0 Å². The number of carboxylic acid groups (broad SMARTS) is 1. The summed E-state index contributed by atoms with van der Waals surface area (Å²) in [7, 11) is 0. The Hall–Kier alpha value is -1.83. The Morgan fingerprint density at radius 2 is 2.05 bits per heavy atom. The van der Waals surface area contributed by atoms with E-state index in [9.17, 15) is 18.0 Å². The van der Waals surface area contributed by atoms with Gasteiger partial charge in [0.1, 0.15) is 0 Å². The summed E-state index contributed by atoms with van der Waals surface area (Å²) in [6.07, 6.45) is -4.61. The largest absolute Gasteiger partial charge is 0.475 e. The van der Waals surface area contributed by atoms with Gasteiger partial charge in [0.15, 0.2) is 0 Å². The van der Waals surface area contributed by atoms with E-state index in [2.05, 4.69) is 20.9 Å². The highest BCUT2D eigenvalue weighted by Crippen LogP contribution is 2.38. The number of nitrogens with zero attached hydrogens (tertiary/aromatic N) is 1. The number of carbonyl (C=O) groups is 1. The number of oxazole rings is 1. The summed E-state index contributed by atoms with van der Waals surface area (Å²) in [5.74, 6) is -2.23. The van der Waals surface area contributed by atoms with E-state index >= 15 is 0 Å². The summed E-state index contributed by atoms with van der Waals surface area (Å²) in [4.78, 5) is 14.6. The van der Waals surface area contributed by atoms with E-state index in [4.69, 9.17) is 9.52 Å². The SMILES string of the molecule is Cc1nc(-c2ccc(Br)cc2C(F)(F)F)oc1C(=O)O. The highest BCUT2D eigenvalue weighted by Gasteiger charge is 2.35. The zero-order valence-electron chi connectivity index (χ0n) is 9.95. The van der Waals surface area contributed by atoms with Crippen LogP contribution in [0.3, 0.4) is 0 Å². The van der Waals surface area contributed by atoms with Gasteiger partial charge in [0.05, 0.1) is 11.3 Å². The van der Waals surface area contributed by atoms with Crippen molar-refractivity contribution in [2.45, 2.75) is 13.1 Å². The molecule has 0 radical (unpaired) electrons. The van der Waals surface area contributed by atoms with Crippen molar-refractivity contribution in [2.24, 2.45) is 0 Å². The quantitative estimate of drug-likeness (QED) is 0.885. The zero-order chi connectivity index (χ0) is 15.1. The first-order chi connectivity index (χ1) is 9.20. The molecule has 0 saturated heterocycles. The lowest BCUT2D eigenvalue weighted by Crippen LogP contribution is -2.07. The van der Waals surface area contributed by atoms with Crippen LogP contribution in [0.1, 0.15) is 21.8 Å². The van der Waals surface area contributed by atoms with Gasteiger partial charge < -0.3 is 9.52 Å². The van der Waals surface area contributed by atoms with E-state index in [-0.39, 0.29) is 21.6 Å². The number of alkyl halides is 3. The van der Waals surface area contributed by atoms with Crippen molar-refractivity contribution in [3.8, 4) is 11.5 Å². The highest BCUT2D eigenvalue weighted by atomic mass is 79.9. The molecule has 0 saturated carbocycles. The number of hydrogen-bond donors (Lipinski definition) is 1. The van der Waals surface area contributed by atoms with Gasteiger partial charge in [-0.2, -0.15) is 13.2 Å². The van der Waals surface area contributed by atoms with Gasteiger partial charge in [0, 0.05) is 10.0 Å². The first kappa shape index (κ1) is 14.6. The maximum absolute atomic E-state index is 13.0. The van der Waals surface area contributed by atoms with Crippen molar-refractivity contribution in [2.75, 3.05) is 0 Å². The molecule has 0 bridgehead atoms. The standard InChI is InChI=1S/C12H7BrF3NO3/c1-5-9(11(18)19)20-10(17-5)7-3-2-6(13)4-8(7)12(14,15)16/h2-4H,1H3,(H,18,19). The number of halogens is 4. The topological polar surface area (TPSA) is 63.3 Å². The molecule has 4 nitrogen and oxygen atoms in total. The molecule has 1 aromatic carbocycles. The fourth-order valence-electron chi connectivity index (χ4n) is 1.65. The van der Waals surface area contributed by atoms with Crippen molar-refractivity contribution in [3.05, 3.63) is 39.7 Å². The molecule has 0 spiro atoms. The molecule has 1 N–H and O–H groups in total. The summed E-state index contributed by atoms with van der Waals surface area (Å²) in [6, 6.07) is 3.45. The maximum Gasteiger partial charge on any atom is 0.417 e. The van der Waals surface area contributed by atoms with Crippen molar-refractivity contribution < 1.29 is 27.5 Å². The van der Waals surface area contributed by atoms with Crippen molar-refractivity contribution in [3.63, 3.8) is 0 Å². The van der Waals surface area contributed by atoms with Gasteiger partial charge in [-0.25, -0.2) is 9.78 Å². The molecular formula is C12H7BrF3NO3. The van der Waals surface area contributed by atoms with Crippen LogP contribution in [0.25, 0.3) is 11.5 Å². The Kier molecular flexibility index (Phi) is 3.59. The average Bonchev–Trinajstić information content (AvgIpc) is 2.70. The Morgan fingerprint density at radius 3 is 2.55 bits per heavy atom. The van der Waals surface area contributed by atoms with Gasteiger partial charge in [-0.1, -0.05) is 15.9 Å². The van der Waals surface area contributed by atoms with Gasteiger partial charge in [0.25, 0.3) is 0 Å². The van der Waals surface area contributed by atoms with Crippen molar-refractivity contribution >= 4 is 21.9 Å². The minimum Gasteiger partial charge on any atom is -0.475 e. The first-order valence-electron chi connectivity index (χ1n) is 5.28. The first-order valence-corrected chi connectivity index (χ1v) is 6.07. The van der Waals surface area contributed by atoms with Crippen LogP contribution < -0.4 is 0 Å². The molecule has 1 heterocycles. The summed E-state index contributed by atoms with van der Waals surface area (Å²) < 4.78 is 44.1. The van der Waals surface area contributed by atoms with Crippen LogP contribution in [0.2, 0.25) is 0 Å². The Labute approximate surface area is 119 Å². The number of carboxylic acids is 1. The molecule has 1 aromatic heterocycles. The molecule has 0 atom stereocenters. The van der Waals surface area contributed by atoms with E-state index in [0.717, 1.165) is 6.07 Å². The van der Waals surface area contributed by atoms with Crippen molar-refractivity contribution in [1.29, 1.82) is 0 Å². The van der Waals surface area contributed by atoms with Crippen LogP contribution >= 0.6 is 15.9 Å². The van der Waals surface area contributed by atoms with Crippen LogP contribution in [0.5, 0.6) is 0 Å². The maximum atomic E-state index is 13.0. The molecule has 2 aromatic rings. The Bertz CT molecular complexity index is 679. The second-order valence-corrected chi connectivity index (χ2v) is 4.84. The molecule has 106 valence electrons. The molecular weight excluding hydrogens is 343 g/mol. The molecule has 0 aliphatic heterocycles. The lowest BCUT2D eigenvalue weighted by atomic mass is 10.1. The molecule has 0 amide bonds. The minimum absolute atomic E-state index is 0.0172. The predicted octanol–water partition coefficient (Wildman–Crippen LogP) is 4.13. The number of aromatic carboxylic acids is 1. The summed E-state index contributed by atoms with van der Waals surface area (Å²) >= 11 is 2.96. The molecule has 0 fully saturated rings. The second kappa shape index (κ2) is 4.93. The van der Waals surface area contributed by atoms with E-state index in [1.165, 1.54) is 19.1 Å². The van der Waals surface area contributed by atoms with Crippen LogP contribution in [0, 0.1) is 6.92 Å². The number of benzene rings is 1. The lowest BCUT2D eigenvalue weighted by molar-refractivity contribution is -0.137. The van der Waals surface area contributed by atoms with E-state index in [0.29, 0.717) is 0 Å². The third kappa shape index (κ3) is 2.69. The van der Waals surface area contributed by atoms with Crippen molar-refractivity contribution in [1.82, 2.24) is 4.98 Å². The van der Waals surface area contributed by atoms with Crippen LogP contribution in [-0.4, -0.2) is 16.1 Å². The minimum atomic E-state index is -4.61. The van der Waals surface area contributed by atoms with Gasteiger partial charge >= 0.3 is 12.1 Å². The Balaban J connectivity index is 2.64.